The minimum absolute atomic E-state index is 0.280. The molecule has 32 heavy (non-hydrogen) atoms. The molecule has 4 aromatic rings. The van der Waals surface area contributed by atoms with Crippen LogP contribution < -0.4 is 10.1 Å². The second-order valence-corrected chi connectivity index (χ2v) is 9.25. The van der Waals surface area contributed by atoms with Crippen molar-refractivity contribution >= 4 is 51.0 Å². The molecule has 0 aliphatic rings. The second-order valence-electron chi connectivity index (χ2n) is 7.70. The first kappa shape index (κ1) is 22.1. The van der Waals surface area contributed by atoms with Gasteiger partial charge in [0, 0.05) is 40.0 Å². The summed E-state index contributed by atoms with van der Waals surface area (Å²) < 4.78 is 11.1. The van der Waals surface area contributed by atoms with Crippen LogP contribution >= 0.6 is 22.9 Å². The fraction of sp³-hybridized carbons (Fsp3) is 0.200. The molecule has 2 heterocycles. The first-order chi connectivity index (χ1) is 15.4. The first-order valence-corrected chi connectivity index (χ1v) is 11.4. The van der Waals surface area contributed by atoms with E-state index in [1.54, 1.807) is 37.6 Å². The smallest absolute Gasteiger partial charge is 0.250 e. The van der Waals surface area contributed by atoms with Gasteiger partial charge in [-0.25, -0.2) is 4.98 Å². The Morgan fingerprint density at radius 2 is 2.03 bits per heavy atom. The molecule has 1 N–H and O–H groups in total. The van der Waals surface area contributed by atoms with Crippen LogP contribution in [0.1, 0.15) is 41.5 Å². The summed E-state index contributed by atoms with van der Waals surface area (Å²) in [6.07, 6.45) is 5.60. The SMILES string of the molecule is COc1cc(Cl)cc2cc(/C=C/C(=O)Nc3ncc(Cc4ccc(C(C)C)cc4)s3)oc12. The van der Waals surface area contributed by atoms with Crippen LogP contribution in [0.25, 0.3) is 17.0 Å². The molecule has 0 saturated heterocycles. The molecular formula is C25H23ClN2O3S. The molecule has 0 unspecified atom stereocenters. The Balaban J connectivity index is 1.39. The normalized spacial score (nSPS) is 11.5. The molecule has 0 bridgehead atoms. The summed E-state index contributed by atoms with van der Waals surface area (Å²) in [5.41, 5.74) is 3.13. The van der Waals surface area contributed by atoms with Gasteiger partial charge in [0.15, 0.2) is 16.5 Å². The summed E-state index contributed by atoms with van der Waals surface area (Å²) >= 11 is 7.56. The molecule has 5 nitrogen and oxygen atoms in total. The summed E-state index contributed by atoms with van der Waals surface area (Å²) in [7, 11) is 1.56. The van der Waals surface area contributed by atoms with E-state index in [-0.39, 0.29) is 5.91 Å². The zero-order valence-corrected chi connectivity index (χ0v) is 19.6. The van der Waals surface area contributed by atoms with Crippen molar-refractivity contribution in [1.82, 2.24) is 4.98 Å². The highest BCUT2D eigenvalue weighted by molar-refractivity contribution is 7.15. The van der Waals surface area contributed by atoms with Gasteiger partial charge in [0.05, 0.1) is 7.11 Å². The third kappa shape index (κ3) is 5.21. The van der Waals surface area contributed by atoms with Gasteiger partial charge >= 0.3 is 0 Å². The maximum absolute atomic E-state index is 12.3. The van der Waals surface area contributed by atoms with Crippen molar-refractivity contribution in [2.45, 2.75) is 26.2 Å². The van der Waals surface area contributed by atoms with Crippen molar-refractivity contribution in [3.8, 4) is 5.75 Å². The van der Waals surface area contributed by atoms with Crippen LogP contribution in [-0.4, -0.2) is 18.0 Å². The van der Waals surface area contributed by atoms with Crippen molar-refractivity contribution in [3.63, 3.8) is 0 Å². The lowest BCUT2D eigenvalue weighted by atomic mass is 10.0. The molecule has 0 aliphatic carbocycles. The highest BCUT2D eigenvalue weighted by atomic mass is 35.5. The van der Waals surface area contributed by atoms with E-state index in [0.717, 1.165) is 16.7 Å². The average Bonchev–Trinajstić information content (AvgIpc) is 3.38. The van der Waals surface area contributed by atoms with E-state index in [1.807, 2.05) is 0 Å². The van der Waals surface area contributed by atoms with E-state index < -0.39 is 0 Å². The number of amides is 1. The monoisotopic (exact) mass is 466 g/mol. The largest absolute Gasteiger partial charge is 0.493 e. The number of carbonyl (C=O) groups is 1. The van der Waals surface area contributed by atoms with Crippen LogP contribution in [0, 0.1) is 0 Å². The van der Waals surface area contributed by atoms with Gasteiger partial charge in [-0.2, -0.15) is 0 Å². The first-order valence-electron chi connectivity index (χ1n) is 10.2. The van der Waals surface area contributed by atoms with E-state index >= 15 is 0 Å². The van der Waals surface area contributed by atoms with E-state index in [4.69, 9.17) is 20.8 Å². The van der Waals surface area contributed by atoms with Gasteiger partial charge < -0.3 is 9.15 Å². The van der Waals surface area contributed by atoms with Gasteiger partial charge in [0.1, 0.15) is 5.76 Å². The summed E-state index contributed by atoms with van der Waals surface area (Å²) in [5.74, 6) is 1.31. The van der Waals surface area contributed by atoms with Crippen LogP contribution in [0.3, 0.4) is 0 Å². The quantitative estimate of drug-likeness (QED) is 0.300. The standard InChI is InChI=1S/C25H23ClN2O3S/c1-15(2)17-6-4-16(5-7-17)10-21-14-27-25(32-21)28-23(29)9-8-20-12-18-11-19(26)13-22(30-3)24(18)31-20/h4-9,11-15H,10H2,1-3H3,(H,27,28,29)/b9-8+. The molecule has 0 aliphatic heterocycles. The van der Waals surface area contributed by atoms with Gasteiger partial charge in [-0.3, -0.25) is 10.1 Å². The van der Waals surface area contributed by atoms with Crippen LogP contribution in [0.5, 0.6) is 5.75 Å². The molecule has 7 heteroatoms. The van der Waals surface area contributed by atoms with Crippen molar-refractivity contribution in [2.75, 3.05) is 12.4 Å². The number of ether oxygens (including phenoxy) is 1. The molecule has 4 rings (SSSR count). The number of hydrogen-bond acceptors (Lipinski definition) is 5. The molecule has 0 spiro atoms. The number of nitrogens with one attached hydrogen (secondary N) is 1. The van der Waals surface area contributed by atoms with E-state index in [1.165, 1.54) is 28.5 Å². The Morgan fingerprint density at radius 3 is 2.75 bits per heavy atom. The minimum atomic E-state index is -0.280. The Bertz CT molecular complexity index is 1270. The Morgan fingerprint density at radius 1 is 1.25 bits per heavy atom. The lowest BCUT2D eigenvalue weighted by molar-refractivity contribution is -0.111. The average molecular weight is 467 g/mol. The topological polar surface area (TPSA) is 64.4 Å². The van der Waals surface area contributed by atoms with Gasteiger partial charge in [-0.05, 0) is 35.3 Å². The van der Waals surface area contributed by atoms with Crippen LogP contribution in [0.4, 0.5) is 5.13 Å². The fourth-order valence-corrected chi connectivity index (χ4v) is 4.38. The summed E-state index contributed by atoms with van der Waals surface area (Å²) in [4.78, 5) is 17.7. The highest BCUT2D eigenvalue weighted by Gasteiger charge is 2.10. The molecule has 0 radical (unpaired) electrons. The van der Waals surface area contributed by atoms with Crippen molar-refractivity contribution in [3.05, 3.63) is 81.5 Å². The fourth-order valence-electron chi connectivity index (χ4n) is 3.31. The Labute approximate surface area is 195 Å². The van der Waals surface area contributed by atoms with Crippen molar-refractivity contribution in [1.29, 1.82) is 0 Å². The number of thiazole rings is 1. The molecule has 0 saturated carbocycles. The minimum Gasteiger partial charge on any atom is -0.493 e. The second kappa shape index (κ2) is 9.59. The van der Waals surface area contributed by atoms with Gasteiger partial charge in [-0.15, -0.1) is 11.3 Å². The van der Waals surface area contributed by atoms with Crippen molar-refractivity contribution in [2.24, 2.45) is 0 Å². The molecule has 2 aromatic heterocycles. The molecule has 164 valence electrons. The number of nitrogens with zero attached hydrogens (tertiary/aromatic N) is 1. The maximum atomic E-state index is 12.3. The zero-order valence-electron chi connectivity index (χ0n) is 18.0. The zero-order chi connectivity index (χ0) is 22.7. The maximum Gasteiger partial charge on any atom is 0.250 e. The van der Waals surface area contributed by atoms with Gasteiger partial charge in [-0.1, -0.05) is 49.7 Å². The number of methoxy groups -OCH3 is 1. The number of rotatable bonds is 7. The van der Waals surface area contributed by atoms with E-state index in [9.17, 15) is 4.79 Å². The van der Waals surface area contributed by atoms with E-state index in [0.29, 0.717) is 33.2 Å². The third-order valence-corrected chi connectivity index (χ3v) is 6.12. The van der Waals surface area contributed by atoms with Crippen LogP contribution in [0.2, 0.25) is 5.02 Å². The number of benzene rings is 2. The Kier molecular flexibility index (Phi) is 6.63. The number of aromatic nitrogens is 1. The third-order valence-electron chi connectivity index (χ3n) is 4.99. The number of fused-ring (bicyclic) bond motifs is 1. The van der Waals surface area contributed by atoms with Crippen LogP contribution in [0.15, 0.2) is 59.2 Å². The molecule has 1 amide bonds. The predicted octanol–water partition coefficient (Wildman–Crippen LogP) is 6.92. The molecule has 0 atom stereocenters. The van der Waals surface area contributed by atoms with Gasteiger partial charge in [0.25, 0.3) is 0 Å². The molecule has 2 aromatic carbocycles. The van der Waals surface area contributed by atoms with Crippen LogP contribution in [-0.2, 0) is 11.2 Å². The number of halogens is 1. The predicted molar refractivity (Wildman–Crippen MR) is 131 cm³/mol. The summed E-state index contributed by atoms with van der Waals surface area (Å²) in [6, 6.07) is 13.9. The number of carbonyl (C=O) groups excluding carboxylic acids is 1. The lowest BCUT2D eigenvalue weighted by Crippen LogP contribution is -2.06. The lowest BCUT2D eigenvalue weighted by Gasteiger charge is -2.06. The van der Waals surface area contributed by atoms with E-state index in [2.05, 4.69) is 48.4 Å². The molecule has 0 fully saturated rings. The number of anilines is 1. The Hall–Kier alpha value is -3.09. The summed E-state index contributed by atoms with van der Waals surface area (Å²) in [6.45, 7) is 4.37. The van der Waals surface area contributed by atoms with Gasteiger partial charge in [0.2, 0.25) is 5.91 Å². The van der Waals surface area contributed by atoms with Crippen molar-refractivity contribution < 1.29 is 13.9 Å². The number of hydrogen-bond donors (Lipinski definition) is 1. The molecular weight excluding hydrogens is 444 g/mol. The highest BCUT2D eigenvalue weighted by Crippen LogP contribution is 2.32. The summed E-state index contributed by atoms with van der Waals surface area (Å²) in [5, 5.41) is 4.72. The number of furan rings is 1.